The van der Waals surface area contributed by atoms with Crippen molar-refractivity contribution in [1.82, 2.24) is 15.1 Å². The van der Waals surface area contributed by atoms with Gasteiger partial charge in [0.15, 0.2) is 0 Å². The first-order chi connectivity index (χ1) is 9.71. The Labute approximate surface area is 121 Å². The maximum absolute atomic E-state index is 11.7. The molecule has 0 saturated carbocycles. The fraction of sp³-hybridized carbons (Fsp3) is 0.857. The van der Waals surface area contributed by atoms with Crippen molar-refractivity contribution in [2.45, 2.75) is 25.8 Å². The van der Waals surface area contributed by atoms with Gasteiger partial charge in [0.2, 0.25) is 5.91 Å². The predicted molar refractivity (Wildman–Crippen MR) is 77.2 cm³/mol. The van der Waals surface area contributed by atoms with Crippen LogP contribution in [0.25, 0.3) is 0 Å². The molecule has 1 aliphatic rings. The van der Waals surface area contributed by atoms with Crippen LogP contribution in [0.1, 0.15) is 19.8 Å². The minimum Gasteiger partial charge on any atom is -0.385 e. The van der Waals surface area contributed by atoms with Crippen molar-refractivity contribution in [1.29, 1.82) is 5.26 Å². The lowest BCUT2D eigenvalue weighted by molar-refractivity contribution is -0.122. The van der Waals surface area contributed by atoms with E-state index in [-0.39, 0.29) is 11.9 Å². The highest BCUT2D eigenvalue weighted by Crippen LogP contribution is 2.08. The van der Waals surface area contributed by atoms with Crippen molar-refractivity contribution in [3.63, 3.8) is 0 Å². The minimum atomic E-state index is 0.0139. The number of ether oxygens (including phenoxy) is 1. The summed E-state index contributed by atoms with van der Waals surface area (Å²) < 4.78 is 4.94. The summed E-state index contributed by atoms with van der Waals surface area (Å²) >= 11 is 0. The maximum Gasteiger partial charge on any atom is 0.234 e. The number of nitrogens with zero attached hydrogens (tertiary/aromatic N) is 3. The molecular formula is C14H26N4O2. The summed E-state index contributed by atoms with van der Waals surface area (Å²) in [5.74, 6) is 0.0712. The van der Waals surface area contributed by atoms with Gasteiger partial charge in [0.05, 0.1) is 18.7 Å². The molecule has 1 saturated heterocycles. The molecule has 1 heterocycles. The monoisotopic (exact) mass is 282 g/mol. The largest absolute Gasteiger partial charge is 0.385 e. The number of piperazine rings is 1. The number of nitrogens with one attached hydrogen (secondary N) is 1. The SMILES string of the molecule is CCC(C#N)N1CCN(CC(=O)NCCCOC)CC1. The van der Waals surface area contributed by atoms with E-state index in [9.17, 15) is 4.79 Å². The first-order valence-corrected chi connectivity index (χ1v) is 7.33. The highest BCUT2D eigenvalue weighted by Gasteiger charge is 2.23. The van der Waals surface area contributed by atoms with E-state index in [0.29, 0.717) is 19.7 Å². The fourth-order valence-electron chi connectivity index (χ4n) is 2.37. The third-order valence-electron chi connectivity index (χ3n) is 3.60. The van der Waals surface area contributed by atoms with Crippen molar-refractivity contribution in [2.75, 3.05) is 53.0 Å². The van der Waals surface area contributed by atoms with Gasteiger partial charge >= 0.3 is 0 Å². The molecule has 0 aromatic rings. The first-order valence-electron chi connectivity index (χ1n) is 7.33. The Morgan fingerprint density at radius 3 is 2.65 bits per heavy atom. The van der Waals surface area contributed by atoms with Crippen LogP contribution < -0.4 is 5.32 Å². The van der Waals surface area contributed by atoms with Crippen molar-refractivity contribution in [2.24, 2.45) is 0 Å². The summed E-state index contributed by atoms with van der Waals surface area (Å²) in [5, 5.41) is 11.9. The molecule has 114 valence electrons. The molecule has 6 heteroatoms. The lowest BCUT2D eigenvalue weighted by Crippen LogP contribution is -2.52. The molecule has 0 aliphatic carbocycles. The van der Waals surface area contributed by atoms with Gasteiger partial charge in [0.25, 0.3) is 0 Å². The lowest BCUT2D eigenvalue weighted by atomic mass is 10.2. The number of amides is 1. The minimum absolute atomic E-state index is 0.0139. The Hall–Kier alpha value is -1.16. The van der Waals surface area contributed by atoms with Crippen molar-refractivity contribution in [3.8, 4) is 6.07 Å². The van der Waals surface area contributed by atoms with Gasteiger partial charge in [-0.25, -0.2) is 0 Å². The Kier molecular flexibility index (Phi) is 8.19. The highest BCUT2D eigenvalue weighted by atomic mass is 16.5. The molecule has 1 fully saturated rings. The number of hydrogen-bond acceptors (Lipinski definition) is 5. The normalized spacial score (nSPS) is 18.4. The second-order valence-electron chi connectivity index (χ2n) is 5.06. The van der Waals surface area contributed by atoms with Gasteiger partial charge in [-0.1, -0.05) is 6.92 Å². The van der Waals surface area contributed by atoms with Gasteiger partial charge in [-0.2, -0.15) is 5.26 Å². The molecule has 1 unspecified atom stereocenters. The zero-order valence-electron chi connectivity index (χ0n) is 12.6. The van der Waals surface area contributed by atoms with Gasteiger partial charge in [-0.15, -0.1) is 0 Å². The average Bonchev–Trinajstić information content (AvgIpc) is 2.47. The summed E-state index contributed by atoms with van der Waals surface area (Å²) in [6.07, 6.45) is 1.70. The molecular weight excluding hydrogens is 256 g/mol. The number of methoxy groups -OCH3 is 1. The van der Waals surface area contributed by atoms with Crippen LogP contribution in [0.4, 0.5) is 0 Å². The van der Waals surface area contributed by atoms with E-state index in [1.54, 1.807) is 7.11 Å². The Balaban J connectivity index is 2.18. The molecule has 20 heavy (non-hydrogen) atoms. The third-order valence-corrected chi connectivity index (χ3v) is 3.60. The van der Waals surface area contributed by atoms with E-state index >= 15 is 0 Å². The Morgan fingerprint density at radius 2 is 2.10 bits per heavy atom. The molecule has 1 amide bonds. The molecule has 0 radical (unpaired) electrons. The molecule has 0 aromatic carbocycles. The van der Waals surface area contributed by atoms with Crippen LogP contribution in [0, 0.1) is 11.3 Å². The number of carbonyl (C=O) groups is 1. The fourth-order valence-corrected chi connectivity index (χ4v) is 2.37. The van der Waals surface area contributed by atoms with Crippen LogP contribution in [-0.4, -0.2) is 74.7 Å². The van der Waals surface area contributed by atoms with E-state index in [1.807, 2.05) is 6.92 Å². The zero-order chi connectivity index (χ0) is 14.8. The number of rotatable bonds is 8. The van der Waals surface area contributed by atoms with Crippen molar-refractivity contribution >= 4 is 5.91 Å². The highest BCUT2D eigenvalue weighted by molar-refractivity contribution is 5.77. The molecule has 0 aromatic heterocycles. The Bertz CT molecular complexity index is 322. The summed E-state index contributed by atoms with van der Waals surface area (Å²) in [6.45, 7) is 7.25. The molecule has 1 N–H and O–H groups in total. The molecule has 1 atom stereocenters. The topological polar surface area (TPSA) is 68.6 Å². The summed E-state index contributed by atoms with van der Waals surface area (Å²) in [4.78, 5) is 16.1. The molecule has 1 aliphatic heterocycles. The van der Waals surface area contributed by atoms with Crippen LogP contribution >= 0.6 is 0 Å². The summed E-state index contributed by atoms with van der Waals surface area (Å²) in [6, 6.07) is 2.35. The van der Waals surface area contributed by atoms with Gasteiger partial charge in [0, 0.05) is 46.4 Å². The van der Waals surface area contributed by atoms with E-state index < -0.39 is 0 Å². The van der Waals surface area contributed by atoms with Crippen LogP contribution in [0.5, 0.6) is 0 Å². The van der Waals surface area contributed by atoms with Crippen LogP contribution in [0.3, 0.4) is 0 Å². The van der Waals surface area contributed by atoms with Crippen LogP contribution in [-0.2, 0) is 9.53 Å². The van der Waals surface area contributed by atoms with Crippen LogP contribution in [0.2, 0.25) is 0 Å². The molecule has 1 rings (SSSR count). The lowest BCUT2D eigenvalue weighted by Gasteiger charge is -2.36. The summed E-state index contributed by atoms with van der Waals surface area (Å²) in [7, 11) is 1.66. The predicted octanol–water partition coefficient (Wildman–Crippen LogP) is 0.0589. The summed E-state index contributed by atoms with van der Waals surface area (Å²) in [5.41, 5.74) is 0. The molecule has 6 nitrogen and oxygen atoms in total. The van der Waals surface area contributed by atoms with Crippen molar-refractivity contribution in [3.05, 3.63) is 0 Å². The van der Waals surface area contributed by atoms with E-state index in [4.69, 9.17) is 10.00 Å². The second kappa shape index (κ2) is 9.70. The molecule has 0 bridgehead atoms. The van der Waals surface area contributed by atoms with E-state index in [0.717, 1.165) is 39.0 Å². The first kappa shape index (κ1) is 16.9. The van der Waals surface area contributed by atoms with Gasteiger partial charge in [-0.05, 0) is 12.8 Å². The van der Waals surface area contributed by atoms with E-state index in [2.05, 4.69) is 21.2 Å². The number of hydrogen-bond donors (Lipinski definition) is 1. The smallest absolute Gasteiger partial charge is 0.234 e. The second-order valence-corrected chi connectivity index (χ2v) is 5.06. The van der Waals surface area contributed by atoms with Crippen molar-refractivity contribution < 1.29 is 9.53 Å². The zero-order valence-corrected chi connectivity index (χ0v) is 12.6. The molecule has 0 spiro atoms. The average molecular weight is 282 g/mol. The van der Waals surface area contributed by atoms with Crippen LogP contribution in [0.15, 0.2) is 0 Å². The van der Waals surface area contributed by atoms with Gasteiger partial charge in [0.1, 0.15) is 0 Å². The third kappa shape index (κ3) is 5.87. The maximum atomic E-state index is 11.7. The standard InChI is InChI=1S/C14H26N4O2/c1-3-13(11-15)18-8-6-17(7-9-18)12-14(19)16-5-4-10-20-2/h13H,3-10,12H2,1-2H3,(H,16,19). The number of carbonyl (C=O) groups excluding carboxylic acids is 1. The Morgan fingerprint density at radius 1 is 1.40 bits per heavy atom. The van der Waals surface area contributed by atoms with Gasteiger partial charge < -0.3 is 10.1 Å². The van der Waals surface area contributed by atoms with Gasteiger partial charge in [-0.3, -0.25) is 14.6 Å². The number of nitriles is 1. The quantitative estimate of drug-likeness (QED) is 0.638. The van der Waals surface area contributed by atoms with E-state index in [1.165, 1.54) is 0 Å².